The van der Waals surface area contributed by atoms with E-state index in [9.17, 15) is 13.5 Å². The van der Waals surface area contributed by atoms with Gasteiger partial charge in [-0.1, -0.05) is 54.6 Å². The molecule has 2 N–H and O–H groups in total. The maximum absolute atomic E-state index is 12.0. The average Bonchev–Trinajstić information content (AvgIpc) is 2.55. The lowest BCUT2D eigenvalue weighted by Gasteiger charge is -2.10. The fourth-order valence-corrected chi connectivity index (χ4v) is 3.06. The zero-order valence-electron chi connectivity index (χ0n) is 12.1. The minimum atomic E-state index is -4.03. The highest BCUT2D eigenvalue weighted by molar-refractivity contribution is 7.85. The van der Waals surface area contributed by atoms with Crippen LogP contribution in [-0.4, -0.2) is 13.5 Å². The van der Waals surface area contributed by atoms with E-state index in [-0.39, 0.29) is 18.0 Å². The Balaban J connectivity index is 1.78. The lowest BCUT2D eigenvalue weighted by Crippen LogP contribution is -2.28. The number of phenols is 1. The minimum Gasteiger partial charge on any atom is -0.504 e. The van der Waals surface area contributed by atoms with Gasteiger partial charge in [0.2, 0.25) is 0 Å². The summed E-state index contributed by atoms with van der Waals surface area (Å²) < 4.78 is 31.3. The van der Waals surface area contributed by atoms with Gasteiger partial charge >= 0.3 is 10.3 Å². The maximum Gasteiger partial charge on any atom is 0.383 e. The van der Waals surface area contributed by atoms with Crippen LogP contribution in [0.1, 0.15) is 5.56 Å². The van der Waals surface area contributed by atoms with Crippen LogP contribution in [0.3, 0.4) is 0 Å². The number of hydrogen-bond donors (Lipinski definition) is 2. The van der Waals surface area contributed by atoms with Gasteiger partial charge < -0.3 is 9.29 Å². The first kappa shape index (κ1) is 15.3. The Hall–Kier alpha value is -2.57. The molecule has 0 saturated heterocycles. The van der Waals surface area contributed by atoms with Crippen molar-refractivity contribution < 1.29 is 17.7 Å². The van der Waals surface area contributed by atoms with Crippen LogP contribution < -0.4 is 8.91 Å². The summed E-state index contributed by atoms with van der Waals surface area (Å²) in [6.07, 6.45) is 0. The van der Waals surface area contributed by atoms with Gasteiger partial charge in [0, 0.05) is 6.54 Å². The summed E-state index contributed by atoms with van der Waals surface area (Å²) in [4.78, 5) is 0. The molecule has 0 bridgehead atoms. The van der Waals surface area contributed by atoms with Crippen molar-refractivity contribution in [3.05, 3.63) is 72.3 Å². The lowest BCUT2D eigenvalue weighted by molar-refractivity contribution is 0.422. The molecule has 3 aromatic rings. The predicted molar refractivity (Wildman–Crippen MR) is 88.4 cm³/mol. The first-order chi connectivity index (χ1) is 11.1. The van der Waals surface area contributed by atoms with E-state index in [1.807, 2.05) is 42.5 Å². The molecule has 118 valence electrons. The summed E-state index contributed by atoms with van der Waals surface area (Å²) in [7, 11) is -4.03. The number of rotatable bonds is 5. The highest BCUT2D eigenvalue weighted by Crippen LogP contribution is 2.25. The third-order valence-corrected chi connectivity index (χ3v) is 4.28. The van der Waals surface area contributed by atoms with E-state index in [0.717, 1.165) is 16.3 Å². The van der Waals surface area contributed by atoms with Crippen molar-refractivity contribution in [1.82, 2.24) is 4.72 Å². The van der Waals surface area contributed by atoms with Crippen LogP contribution in [0, 0.1) is 0 Å². The first-order valence-corrected chi connectivity index (χ1v) is 8.40. The second-order valence-electron chi connectivity index (χ2n) is 4.96. The molecule has 0 fully saturated rings. The number of aromatic hydroxyl groups is 1. The van der Waals surface area contributed by atoms with Crippen molar-refractivity contribution >= 4 is 21.1 Å². The summed E-state index contributed by atoms with van der Waals surface area (Å²) in [5.74, 6) is -0.346. The topological polar surface area (TPSA) is 75.6 Å². The molecule has 3 aromatic carbocycles. The summed E-state index contributed by atoms with van der Waals surface area (Å²) in [5.41, 5.74) is 0.840. The molecular formula is C17H15NO4S. The Morgan fingerprint density at radius 1 is 0.913 bits per heavy atom. The molecule has 23 heavy (non-hydrogen) atoms. The molecule has 0 unspecified atom stereocenters. The molecular weight excluding hydrogens is 314 g/mol. The van der Waals surface area contributed by atoms with E-state index in [1.54, 1.807) is 12.1 Å². The fraction of sp³-hybridized carbons (Fsp3) is 0.0588. The van der Waals surface area contributed by atoms with E-state index in [4.69, 9.17) is 4.18 Å². The predicted octanol–water partition coefficient (Wildman–Crippen LogP) is 2.96. The second kappa shape index (κ2) is 6.28. The van der Waals surface area contributed by atoms with E-state index >= 15 is 0 Å². The molecule has 0 aliphatic rings. The van der Waals surface area contributed by atoms with Gasteiger partial charge in [0.25, 0.3) is 0 Å². The molecule has 0 saturated carbocycles. The van der Waals surface area contributed by atoms with Crippen molar-refractivity contribution in [3.63, 3.8) is 0 Å². The normalized spacial score (nSPS) is 11.5. The quantitative estimate of drug-likeness (QED) is 0.754. The molecule has 0 heterocycles. The molecule has 0 radical (unpaired) electrons. The van der Waals surface area contributed by atoms with Gasteiger partial charge in [-0.25, -0.2) is 0 Å². The molecule has 3 rings (SSSR count). The third-order valence-electron chi connectivity index (χ3n) is 3.38. The smallest absolute Gasteiger partial charge is 0.383 e. The Kier molecular flexibility index (Phi) is 4.18. The number of nitrogens with one attached hydrogen (secondary N) is 1. The SMILES string of the molecule is O=S(=O)(NCc1cccc2ccccc12)Oc1ccccc1O. The standard InChI is InChI=1S/C17H15NO4S/c19-16-10-3-4-11-17(16)22-23(20,21)18-12-14-8-5-7-13-6-1-2-9-15(13)14/h1-11,18-19H,12H2. The number of para-hydroxylation sites is 2. The number of hydrogen-bond acceptors (Lipinski definition) is 4. The van der Waals surface area contributed by atoms with Gasteiger partial charge in [-0.2, -0.15) is 13.1 Å². The molecule has 0 aliphatic heterocycles. The average molecular weight is 329 g/mol. The van der Waals surface area contributed by atoms with E-state index < -0.39 is 10.3 Å². The van der Waals surface area contributed by atoms with Crippen molar-refractivity contribution in [2.45, 2.75) is 6.54 Å². The van der Waals surface area contributed by atoms with Crippen LogP contribution in [0.15, 0.2) is 66.7 Å². The fourth-order valence-electron chi connectivity index (χ4n) is 2.29. The van der Waals surface area contributed by atoms with Crippen LogP contribution in [-0.2, 0) is 16.8 Å². The monoisotopic (exact) mass is 329 g/mol. The maximum atomic E-state index is 12.0. The van der Waals surface area contributed by atoms with Crippen LogP contribution in [0.4, 0.5) is 0 Å². The van der Waals surface area contributed by atoms with E-state index in [1.165, 1.54) is 12.1 Å². The van der Waals surface area contributed by atoms with Gasteiger partial charge in [-0.3, -0.25) is 0 Å². The van der Waals surface area contributed by atoms with Crippen LogP contribution in [0.5, 0.6) is 11.5 Å². The molecule has 5 nitrogen and oxygen atoms in total. The van der Waals surface area contributed by atoms with Crippen molar-refractivity contribution in [2.75, 3.05) is 0 Å². The van der Waals surface area contributed by atoms with Crippen molar-refractivity contribution in [2.24, 2.45) is 0 Å². The highest BCUT2D eigenvalue weighted by Gasteiger charge is 2.15. The minimum absolute atomic E-state index is 0.0945. The third kappa shape index (κ3) is 3.61. The summed E-state index contributed by atoms with van der Waals surface area (Å²) in [5, 5.41) is 11.6. The van der Waals surface area contributed by atoms with Gasteiger partial charge in [0.15, 0.2) is 11.5 Å². The number of benzene rings is 3. The first-order valence-electron chi connectivity index (χ1n) is 6.99. The Bertz CT molecular complexity index is 933. The molecule has 0 amide bonds. The molecule has 0 atom stereocenters. The Labute approximate surface area is 134 Å². The number of phenolic OH excluding ortho intramolecular Hbond substituents is 1. The largest absolute Gasteiger partial charge is 0.504 e. The van der Waals surface area contributed by atoms with E-state index in [0.29, 0.717) is 0 Å². The van der Waals surface area contributed by atoms with Gasteiger partial charge in [0.1, 0.15) is 0 Å². The van der Waals surface area contributed by atoms with Crippen LogP contribution in [0.2, 0.25) is 0 Å². The molecule has 0 spiro atoms. The number of fused-ring (bicyclic) bond motifs is 1. The highest BCUT2D eigenvalue weighted by atomic mass is 32.2. The summed E-state index contributed by atoms with van der Waals surface area (Å²) in [6, 6.07) is 19.3. The zero-order chi connectivity index (χ0) is 16.3. The second-order valence-corrected chi connectivity index (χ2v) is 6.33. The van der Waals surface area contributed by atoms with Crippen molar-refractivity contribution in [1.29, 1.82) is 0 Å². The molecule has 6 heteroatoms. The van der Waals surface area contributed by atoms with Crippen molar-refractivity contribution in [3.8, 4) is 11.5 Å². The van der Waals surface area contributed by atoms with Gasteiger partial charge in [-0.15, -0.1) is 0 Å². The lowest BCUT2D eigenvalue weighted by atomic mass is 10.1. The summed E-state index contributed by atoms with van der Waals surface area (Å²) >= 11 is 0. The van der Waals surface area contributed by atoms with Gasteiger partial charge in [0.05, 0.1) is 0 Å². The van der Waals surface area contributed by atoms with E-state index in [2.05, 4.69) is 4.72 Å². The molecule has 0 aliphatic carbocycles. The van der Waals surface area contributed by atoms with Crippen LogP contribution >= 0.6 is 0 Å². The van der Waals surface area contributed by atoms with Gasteiger partial charge in [-0.05, 0) is 28.5 Å². The Morgan fingerprint density at radius 3 is 2.43 bits per heavy atom. The zero-order valence-corrected chi connectivity index (χ0v) is 13.0. The molecule has 0 aromatic heterocycles. The Morgan fingerprint density at radius 2 is 1.61 bits per heavy atom. The summed E-state index contributed by atoms with van der Waals surface area (Å²) in [6.45, 7) is 0.0945. The van der Waals surface area contributed by atoms with Crippen LogP contribution in [0.25, 0.3) is 10.8 Å².